The molecule has 0 aliphatic carbocycles. The van der Waals surface area contributed by atoms with Crippen molar-refractivity contribution < 1.29 is 4.79 Å². The normalized spacial score (nSPS) is 6.27. The fourth-order valence-electron chi connectivity index (χ4n) is 0. The van der Waals surface area contributed by atoms with Gasteiger partial charge in [0, 0.05) is 0 Å². The van der Waals surface area contributed by atoms with Crippen LogP contribution in [0, 0.1) is 0 Å². The molecule has 0 aromatic rings. The summed E-state index contributed by atoms with van der Waals surface area (Å²) in [6.45, 7) is 13.6. The molecule has 0 atom stereocenters. The number of allylic oxidation sites excluding steroid dienone is 2. The van der Waals surface area contributed by atoms with E-state index in [1.54, 1.807) is 12.2 Å². The van der Waals surface area contributed by atoms with Crippen LogP contribution in [-0.4, -0.2) is 32.0 Å². The van der Waals surface area contributed by atoms with Gasteiger partial charge in [-0.25, -0.2) is 0 Å². The quantitative estimate of drug-likeness (QED) is 0.537. The van der Waals surface area contributed by atoms with Gasteiger partial charge in [-0.2, -0.15) is 0 Å². The van der Waals surface area contributed by atoms with Crippen molar-refractivity contribution in [2.24, 2.45) is 5.73 Å². The second-order valence-electron chi connectivity index (χ2n) is 2.76. The van der Waals surface area contributed by atoms with Gasteiger partial charge >= 0.3 is 0 Å². The molecule has 15 heavy (non-hydrogen) atoms. The van der Waals surface area contributed by atoms with E-state index in [-0.39, 0.29) is 0 Å². The Bertz CT molecular complexity index is 143. The van der Waals surface area contributed by atoms with E-state index in [9.17, 15) is 4.79 Å². The molecular formula is C12H26N2O. The Morgan fingerprint density at radius 3 is 1.13 bits per heavy atom. The number of carbonyl (C=O) groups is 1. The van der Waals surface area contributed by atoms with E-state index < -0.39 is 5.91 Å². The minimum atomic E-state index is -0.481. The average Bonchev–Trinajstić information content (AvgIpc) is 2.06. The van der Waals surface area contributed by atoms with Crippen molar-refractivity contribution in [3.05, 3.63) is 38.0 Å². The highest BCUT2D eigenvalue weighted by atomic mass is 16.1. The lowest BCUT2D eigenvalue weighted by atomic mass is 10.6. The number of hydrogen-bond donors (Lipinski definition) is 1. The third-order valence-electron chi connectivity index (χ3n) is 0.201. The summed E-state index contributed by atoms with van der Waals surface area (Å²) in [6, 6.07) is 0. The molecular weight excluding hydrogens is 188 g/mol. The third-order valence-corrected chi connectivity index (χ3v) is 0.201. The fraction of sp³-hybridized carbons (Fsp3) is 0.417. The lowest BCUT2D eigenvalue weighted by Gasteiger charge is -1.90. The molecule has 0 rings (SSSR count). The van der Waals surface area contributed by atoms with E-state index in [2.05, 4.69) is 25.5 Å². The minimum Gasteiger partial charge on any atom is -0.366 e. The Morgan fingerprint density at radius 1 is 1.07 bits per heavy atom. The van der Waals surface area contributed by atoms with E-state index in [0.717, 1.165) is 6.08 Å². The van der Waals surface area contributed by atoms with Gasteiger partial charge in [-0.15, -0.1) is 13.2 Å². The van der Waals surface area contributed by atoms with Crippen LogP contribution in [0.2, 0.25) is 0 Å². The van der Waals surface area contributed by atoms with Gasteiger partial charge < -0.3 is 10.6 Å². The van der Waals surface area contributed by atoms with Crippen molar-refractivity contribution in [3.63, 3.8) is 0 Å². The second kappa shape index (κ2) is 29.3. The Labute approximate surface area is 95.0 Å². The molecule has 1 amide bonds. The zero-order chi connectivity index (χ0) is 13.3. The van der Waals surface area contributed by atoms with Crippen molar-refractivity contribution in [2.45, 2.75) is 13.8 Å². The molecule has 0 aromatic carbocycles. The lowest BCUT2D eigenvalue weighted by Crippen LogP contribution is -2.04. The molecule has 0 radical (unpaired) electrons. The molecule has 3 nitrogen and oxygen atoms in total. The molecule has 0 heterocycles. The number of primary amides is 1. The lowest BCUT2D eigenvalue weighted by molar-refractivity contribution is -0.113. The van der Waals surface area contributed by atoms with Gasteiger partial charge in [-0.1, -0.05) is 18.7 Å². The van der Waals surface area contributed by atoms with Gasteiger partial charge in [0.25, 0.3) is 0 Å². The van der Waals surface area contributed by atoms with E-state index >= 15 is 0 Å². The van der Waals surface area contributed by atoms with Crippen LogP contribution in [0.5, 0.6) is 0 Å². The van der Waals surface area contributed by atoms with E-state index in [0.29, 0.717) is 0 Å². The van der Waals surface area contributed by atoms with Crippen molar-refractivity contribution >= 4 is 5.91 Å². The SMILES string of the molecule is C=CC.C=CC.C=CC(N)=O.CN(C)C. The number of hydrogen-bond acceptors (Lipinski definition) is 2. The number of rotatable bonds is 1. The zero-order valence-corrected chi connectivity index (χ0v) is 10.8. The van der Waals surface area contributed by atoms with Crippen LogP contribution in [0.4, 0.5) is 0 Å². The van der Waals surface area contributed by atoms with Crippen molar-refractivity contribution in [3.8, 4) is 0 Å². The van der Waals surface area contributed by atoms with Gasteiger partial charge in [0.2, 0.25) is 5.91 Å². The van der Waals surface area contributed by atoms with Gasteiger partial charge in [0.1, 0.15) is 0 Å². The summed E-state index contributed by atoms with van der Waals surface area (Å²) < 4.78 is 0. The Kier molecular flexibility index (Phi) is 45.9. The minimum absolute atomic E-state index is 0.481. The van der Waals surface area contributed by atoms with Crippen molar-refractivity contribution in [1.29, 1.82) is 0 Å². The first-order chi connectivity index (χ1) is 6.83. The first kappa shape index (κ1) is 23.5. The summed E-state index contributed by atoms with van der Waals surface area (Å²) in [6.07, 6.45) is 4.56. The number of amides is 1. The van der Waals surface area contributed by atoms with Gasteiger partial charge in [-0.3, -0.25) is 4.79 Å². The van der Waals surface area contributed by atoms with E-state index in [1.807, 2.05) is 39.9 Å². The Balaban J connectivity index is -0.0000000553. The summed E-state index contributed by atoms with van der Waals surface area (Å²) in [4.78, 5) is 11.5. The summed E-state index contributed by atoms with van der Waals surface area (Å²) in [7, 11) is 6.00. The molecule has 0 saturated heterocycles. The first-order valence-corrected chi connectivity index (χ1v) is 4.50. The van der Waals surface area contributed by atoms with E-state index in [4.69, 9.17) is 0 Å². The van der Waals surface area contributed by atoms with Crippen LogP contribution in [0.1, 0.15) is 13.8 Å². The first-order valence-electron chi connectivity index (χ1n) is 4.50. The summed E-state index contributed by atoms with van der Waals surface area (Å²) >= 11 is 0. The maximum Gasteiger partial charge on any atom is 0.240 e. The van der Waals surface area contributed by atoms with Crippen molar-refractivity contribution in [1.82, 2.24) is 4.90 Å². The summed E-state index contributed by atoms with van der Waals surface area (Å²) in [5.41, 5.74) is 4.53. The molecule has 0 saturated carbocycles. The van der Waals surface area contributed by atoms with Gasteiger partial charge in [0.05, 0.1) is 0 Å². The summed E-state index contributed by atoms with van der Waals surface area (Å²) in [5.74, 6) is -0.481. The molecule has 3 heteroatoms. The summed E-state index contributed by atoms with van der Waals surface area (Å²) in [5, 5.41) is 0. The fourth-order valence-corrected chi connectivity index (χ4v) is 0. The van der Waals surface area contributed by atoms with Gasteiger partial charge in [-0.05, 0) is 41.1 Å². The van der Waals surface area contributed by atoms with Crippen LogP contribution in [0.25, 0.3) is 0 Å². The molecule has 0 aliphatic heterocycles. The third kappa shape index (κ3) is 3400. The standard InChI is InChI=1S/C3H5NO.C3H9N.2C3H6/c1-2-3(4)5;1-4(2)3;2*1-3-2/h2H,1H2,(H2,4,5);1-3H3;2*3H,1H2,2H3. The molecule has 0 bridgehead atoms. The van der Waals surface area contributed by atoms with E-state index in [1.165, 1.54) is 0 Å². The average molecular weight is 214 g/mol. The highest BCUT2D eigenvalue weighted by molar-refractivity contribution is 5.84. The Morgan fingerprint density at radius 2 is 1.13 bits per heavy atom. The van der Waals surface area contributed by atoms with Crippen LogP contribution in [0.15, 0.2) is 38.0 Å². The predicted octanol–water partition coefficient (Wildman–Crippen LogP) is 2.22. The molecule has 0 spiro atoms. The number of nitrogens with two attached hydrogens (primary N) is 1. The molecule has 90 valence electrons. The van der Waals surface area contributed by atoms with Crippen LogP contribution in [-0.2, 0) is 4.79 Å². The molecule has 0 unspecified atom stereocenters. The number of carbonyl (C=O) groups excluding carboxylic acids is 1. The maximum absolute atomic E-state index is 9.47. The van der Waals surface area contributed by atoms with Crippen LogP contribution in [0.3, 0.4) is 0 Å². The van der Waals surface area contributed by atoms with Gasteiger partial charge in [0.15, 0.2) is 0 Å². The van der Waals surface area contributed by atoms with Crippen LogP contribution < -0.4 is 5.73 Å². The maximum atomic E-state index is 9.47. The Hall–Kier alpha value is -1.35. The topological polar surface area (TPSA) is 46.3 Å². The predicted molar refractivity (Wildman–Crippen MR) is 70.7 cm³/mol. The number of nitrogens with zero attached hydrogens (tertiary/aromatic N) is 1. The highest BCUT2D eigenvalue weighted by Gasteiger charge is 1.69. The smallest absolute Gasteiger partial charge is 0.240 e. The monoisotopic (exact) mass is 214 g/mol. The highest BCUT2D eigenvalue weighted by Crippen LogP contribution is 1.48. The zero-order valence-electron chi connectivity index (χ0n) is 10.8. The molecule has 0 fully saturated rings. The molecule has 2 N–H and O–H groups in total. The molecule has 0 aromatic heterocycles. The van der Waals surface area contributed by atoms with Crippen molar-refractivity contribution in [2.75, 3.05) is 21.1 Å². The largest absolute Gasteiger partial charge is 0.366 e. The molecule has 0 aliphatic rings. The van der Waals surface area contributed by atoms with Crippen LogP contribution >= 0.6 is 0 Å². The second-order valence-corrected chi connectivity index (χ2v) is 2.76.